The molecule has 0 spiro atoms. The van der Waals surface area contributed by atoms with Crippen molar-refractivity contribution in [3.63, 3.8) is 0 Å². The maximum Gasteiger partial charge on any atom is 0.355 e. The molecule has 2 fully saturated rings. The van der Waals surface area contributed by atoms with Crippen LogP contribution in [0.25, 0.3) is 10.9 Å². The first-order valence-electron chi connectivity index (χ1n) is 9.89. The highest BCUT2D eigenvalue weighted by molar-refractivity contribution is 6.00. The molecule has 2 aliphatic carbocycles. The molecule has 1 aromatic heterocycles. The summed E-state index contributed by atoms with van der Waals surface area (Å²) in [7, 11) is 0. The van der Waals surface area contributed by atoms with E-state index in [1.165, 1.54) is 48.6 Å². The van der Waals surface area contributed by atoms with Crippen molar-refractivity contribution in [2.24, 2.45) is 0 Å². The third-order valence-electron chi connectivity index (χ3n) is 6.40. The molecule has 1 unspecified atom stereocenters. The monoisotopic (exact) mass is 338 g/mol. The molecule has 2 aromatic rings. The summed E-state index contributed by atoms with van der Waals surface area (Å²) >= 11 is 0. The van der Waals surface area contributed by atoms with Gasteiger partial charge in [0.1, 0.15) is 11.8 Å². The minimum absolute atomic E-state index is 0.100. The van der Waals surface area contributed by atoms with Crippen molar-refractivity contribution < 1.29 is 9.53 Å². The van der Waals surface area contributed by atoms with Crippen LogP contribution in [0.1, 0.15) is 72.5 Å². The van der Waals surface area contributed by atoms with Crippen LogP contribution in [-0.4, -0.2) is 29.6 Å². The maximum atomic E-state index is 12.9. The summed E-state index contributed by atoms with van der Waals surface area (Å²) in [6.07, 6.45) is 9.14. The van der Waals surface area contributed by atoms with Crippen LogP contribution in [0.5, 0.6) is 0 Å². The van der Waals surface area contributed by atoms with Crippen LogP contribution < -0.4 is 5.32 Å². The first-order chi connectivity index (χ1) is 12.3. The number of aromatic amines is 1. The predicted molar refractivity (Wildman–Crippen MR) is 98.1 cm³/mol. The van der Waals surface area contributed by atoms with E-state index < -0.39 is 0 Å². The molecule has 5 rings (SSSR count). The maximum absolute atomic E-state index is 12.9. The van der Waals surface area contributed by atoms with E-state index in [1.54, 1.807) is 0 Å². The third-order valence-corrected chi connectivity index (χ3v) is 6.40. The lowest BCUT2D eigenvalue weighted by Gasteiger charge is -2.37. The van der Waals surface area contributed by atoms with Gasteiger partial charge in [-0.2, -0.15) is 0 Å². The molecule has 1 aliphatic heterocycles. The van der Waals surface area contributed by atoms with Crippen molar-refractivity contribution >= 4 is 16.9 Å². The first-order valence-corrected chi connectivity index (χ1v) is 9.89. The molecule has 4 nitrogen and oxygen atoms in total. The minimum Gasteiger partial charge on any atom is -0.458 e. The number of esters is 1. The van der Waals surface area contributed by atoms with Gasteiger partial charge < -0.3 is 15.0 Å². The second-order valence-corrected chi connectivity index (χ2v) is 7.93. The molecule has 0 radical (unpaired) electrons. The quantitative estimate of drug-likeness (QED) is 0.812. The summed E-state index contributed by atoms with van der Waals surface area (Å²) in [5.41, 5.74) is 4.36. The summed E-state index contributed by atoms with van der Waals surface area (Å²) in [6, 6.07) is 6.91. The van der Waals surface area contributed by atoms with Gasteiger partial charge in [0.05, 0.1) is 0 Å². The molecule has 3 aliphatic rings. The Balaban J connectivity index is 1.52. The van der Waals surface area contributed by atoms with Crippen molar-refractivity contribution in [1.82, 2.24) is 10.3 Å². The highest BCUT2D eigenvalue weighted by Gasteiger charge is 2.36. The lowest BCUT2D eigenvalue weighted by atomic mass is 9.75. The normalized spacial score (nSPS) is 26.4. The van der Waals surface area contributed by atoms with Gasteiger partial charge in [-0.15, -0.1) is 0 Å². The van der Waals surface area contributed by atoms with Gasteiger partial charge in [0.2, 0.25) is 0 Å². The lowest BCUT2D eigenvalue weighted by molar-refractivity contribution is 0.0204. The number of H-pyrrole nitrogens is 1. The molecule has 2 atom stereocenters. The summed E-state index contributed by atoms with van der Waals surface area (Å²) in [4.78, 5) is 16.3. The molecule has 1 saturated heterocycles. The van der Waals surface area contributed by atoms with E-state index in [-0.39, 0.29) is 12.1 Å². The number of hydrogen-bond donors (Lipinski definition) is 2. The Hall–Kier alpha value is -1.81. The van der Waals surface area contributed by atoms with Gasteiger partial charge >= 0.3 is 5.97 Å². The zero-order valence-corrected chi connectivity index (χ0v) is 14.6. The van der Waals surface area contributed by atoms with E-state index in [0.717, 1.165) is 31.3 Å². The van der Waals surface area contributed by atoms with Crippen molar-refractivity contribution in [1.29, 1.82) is 0 Å². The number of ether oxygens (including phenoxy) is 1. The second kappa shape index (κ2) is 6.17. The average molecular weight is 338 g/mol. The fraction of sp³-hybridized carbons (Fsp3) is 0.571. The molecule has 0 amide bonds. The van der Waals surface area contributed by atoms with Gasteiger partial charge in [-0.3, -0.25) is 0 Å². The predicted octanol–water partition coefficient (Wildman–Crippen LogP) is 4.05. The number of carbonyl (C=O) groups excluding carboxylic acids is 1. The molecule has 0 bridgehead atoms. The standard InChI is InChI=1S/C21H26N2O2/c24-21(25-13-6-2-1-3-7-13)20-16-12-18-14(9-5-11-22-18)15-8-4-10-17(23-20)19(15)16/h4,8,10,13-14,18,22-23H,1-3,5-7,9,11-12H2/t14?,18-/m1/s1. The van der Waals surface area contributed by atoms with Crippen LogP contribution >= 0.6 is 0 Å². The van der Waals surface area contributed by atoms with Crippen LogP contribution in [0.2, 0.25) is 0 Å². The van der Waals surface area contributed by atoms with E-state index in [4.69, 9.17) is 4.74 Å². The number of nitrogens with one attached hydrogen (secondary N) is 2. The van der Waals surface area contributed by atoms with E-state index in [0.29, 0.717) is 17.7 Å². The van der Waals surface area contributed by atoms with Crippen molar-refractivity contribution in [3.8, 4) is 0 Å². The van der Waals surface area contributed by atoms with Crippen LogP contribution in [0.4, 0.5) is 0 Å². The number of rotatable bonds is 2. The van der Waals surface area contributed by atoms with Gasteiger partial charge in [0.15, 0.2) is 0 Å². The summed E-state index contributed by atoms with van der Waals surface area (Å²) in [6.45, 7) is 1.08. The molecular weight excluding hydrogens is 312 g/mol. The number of aromatic nitrogens is 1. The Morgan fingerprint density at radius 3 is 2.84 bits per heavy atom. The first kappa shape index (κ1) is 15.4. The average Bonchev–Trinajstić information content (AvgIpc) is 3.03. The lowest BCUT2D eigenvalue weighted by Crippen LogP contribution is -2.43. The number of carbonyl (C=O) groups is 1. The van der Waals surface area contributed by atoms with Gasteiger partial charge in [-0.25, -0.2) is 4.79 Å². The molecule has 25 heavy (non-hydrogen) atoms. The van der Waals surface area contributed by atoms with Gasteiger partial charge in [0.25, 0.3) is 0 Å². The van der Waals surface area contributed by atoms with Crippen molar-refractivity contribution in [3.05, 3.63) is 35.0 Å². The van der Waals surface area contributed by atoms with E-state index in [2.05, 4.69) is 28.5 Å². The van der Waals surface area contributed by atoms with E-state index in [1.807, 2.05) is 0 Å². The Morgan fingerprint density at radius 1 is 1.08 bits per heavy atom. The number of benzene rings is 1. The highest BCUT2D eigenvalue weighted by atomic mass is 16.5. The second-order valence-electron chi connectivity index (χ2n) is 7.93. The van der Waals surface area contributed by atoms with Crippen LogP contribution in [-0.2, 0) is 11.2 Å². The molecule has 2 N–H and O–H groups in total. The van der Waals surface area contributed by atoms with Crippen LogP contribution in [0, 0.1) is 0 Å². The van der Waals surface area contributed by atoms with Crippen molar-refractivity contribution in [2.75, 3.05) is 6.54 Å². The molecule has 2 heterocycles. The van der Waals surface area contributed by atoms with Gasteiger partial charge in [0, 0.05) is 22.9 Å². The fourth-order valence-electron chi connectivity index (χ4n) is 5.19. The Kier molecular flexibility index (Phi) is 3.81. The smallest absolute Gasteiger partial charge is 0.355 e. The number of fused-ring (bicyclic) bond motifs is 2. The third kappa shape index (κ3) is 2.58. The molecule has 132 valence electrons. The summed E-state index contributed by atoms with van der Waals surface area (Å²) in [5, 5.41) is 4.96. The Morgan fingerprint density at radius 2 is 1.96 bits per heavy atom. The SMILES string of the molecule is O=C(OC1CCCCC1)c1[nH]c2cccc3c2c1C[C@H]1NCCCC31. The number of piperidine rings is 1. The largest absolute Gasteiger partial charge is 0.458 e. The fourth-order valence-corrected chi connectivity index (χ4v) is 5.19. The van der Waals surface area contributed by atoms with Gasteiger partial charge in [-0.1, -0.05) is 18.6 Å². The Bertz CT molecular complexity index is 804. The van der Waals surface area contributed by atoms with Crippen LogP contribution in [0.3, 0.4) is 0 Å². The topological polar surface area (TPSA) is 54.1 Å². The minimum atomic E-state index is -0.154. The zero-order chi connectivity index (χ0) is 16.8. The summed E-state index contributed by atoms with van der Waals surface area (Å²) in [5.74, 6) is 0.418. The van der Waals surface area contributed by atoms with E-state index in [9.17, 15) is 4.79 Å². The Labute approximate surface area is 148 Å². The number of hydrogen-bond acceptors (Lipinski definition) is 3. The molecule has 1 aromatic carbocycles. The summed E-state index contributed by atoms with van der Waals surface area (Å²) < 4.78 is 5.86. The van der Waals surface area contributed by atoms with Gasteiger partial charge in [-0.05, 0) is 68.7 Å². The highest BCUT2D eigenvalue weighted by Crippen LogP contribution is 2.42. The zero-order valence-electron chi connectivity index (χ0n) is 14.6. The van der Waals surface area contributed by atoms with Crippen LogP contribution in [0.15, 0.2) is 18.2 Å². The molecule has 1 saturated carbocycles. The van der Waals surface area contributed by atoms with E-state index >= 15 is 0 Å². The molecular formula is C21H26N2O2. The molecule has 4 heteroatoms. The van der Waals surface area contributed by atoms with Crippen molar-refractivity contribution in [2.45, 2.75) is 69.4 Å².